The van der Waals surface area contributed by atoms with Gasteiger partial charge in [-0.25, -0.2) is 13.8 Å². The molecule has 1 saturated carbocycles. The Kier molecular flexibility index (Phi) is 9.88. The molecule has 3 N–H and O–H groups in total. The third kappa shape index (κ3) is 6.76. The highest BCUT2D eigenvalue weighted by Crippen LogP contribution is 2.42. The Balaban J connectivity index is 0.795. The predicted molar refractivity (Wildman–Crippen MR) is 211 cm³/mol. The van der Waals surface area contributed by atoms with Gasteiger partial charge in [-0.15, -0.1) is 0 Å². The number of carbonyl (C=O) groups excluding carboxylic acids is 4. The first kappa shape index (κ1) is 38.4. The second-order valence-electron chi connectivity index (χ2n) is 16.0. The monoisotopic (exact) mass is 832 g/mol. The predicted octanol–water partition coefficient (Wildman–Crippen LogP) is 6.35. The molecule has 4 amide bonds. The number of piperidine rings is 1. The summed E-state index contributed by atoms with van der Waals surface area (Å²) in [5, 5.41) is 7.06. The molecule has 58 heavy (non-hydrogen) atoms. The number of nitrogens with two attached hydrogens (primary N) is 1. The molecule has 5 aliphatic rings. The number of nitrogen functional groups attached to an aromatic ring is 1. The van der Waals surface area contributed by atoms with Gasteiger partial charge in [0.2, 0.25) is 11.8 Å². The number of nitrogens with one attached hydrogen (secondary N) is 1. The molecule has 9 rings (SSSR count). The van der Waals surface area contributed by atoms with Crippen molar-refractivity contribution in [3.05, 3.63) is 87.3 Å². The van der Waals surface area contributed by atoms with Gasteiger partial charge in [-0.1, -0.05) is 23.2 Å². The number of rotatable bonds is 9. The molecule has 3 unspecified atom stereocenters. The van der Waals surface area contributed by atoms with E-state index in [0.717, 1.165) is 67.3 Å². The van der Waals surface area contributed by atoms with E-state index in [4.69, 9.17) is 38.8 Å². The van der Waals surface area contributed by atoms with E-state index in [1.54, 1.807) is 25.4 Å². The summed E-state index contributed by atoms with van der Waals surface area (Å²) < 4.78 is 37.9. The number of amides is 4. The summed E-state index contributed by atoms with van der Waals surface area (Å²) in [6, 6.07) is 6.45. The van der Waals surface area contributed by atoms with E-state index in [-0.39, 0.29) is 58.0 Å². The molecule has 0 spiro atoms. The van der Waals surface area contributed by atoms with Crippen LogP contribution < -0.4 is 20.7 Å². The van der Waals surface area contributed by atoms with Crippen molar-refractivity contribution in [1.82, 2.24) is 29.9 Å². The Bertz CT molecular complexity index is 2370. The zero-order chi connectivity index (χ0) is 40.6. The summed E-state index contributed by atoms with van der Waals surface area (Å²) in [5.41, 5.74) is 8.41. The average Bonchev–Trinajstić information content (AvgIpc) is 3.99. The summed E-state index contributed by atoms with van der Waals surface area (Å²) in [5.74, 6) is -2.68. The average molecular weight is 834 g/mol. The molecule has 1 aliphatic carbocycles. The van der Waals surface area contributed by atoms with Crippen LogP contribution >= 0.6 is 23.2 Å². The van der Waals surface area contributed by atoms with Gasteiger partial charge >= 0.3 is 0 Å². The van der Waals surface area contributed by atoms with Crippen LogP contribution in [0.4, 0.5) is 20.3 Å². The number of pyridine rings is 1. The SMILES string of the molecule is C[C@@H](Oc1cc(-c2cnn(C3CCC(CN4CC5CC4CN5c4cc5c(cc4F)C(=O)N(C4CCC(=O)NC4=O)C5=O)CC3)c2)cnc1N)c1c(Cl)ccc(F)c1Cl. The summed E-state index contributed by atoms with van der Waals surface area (Å²) in [7, 11) is 0. The molecule has 2 aromatic carbocycles. The fourth-order valence-corrected chi connectivity index (χ4v) is 10.1. The molecule has 4 aromatic rings. The number of hydrogen-bond donors (Lipinski definition) is 2. The van der Waals surface area contributed by atoms with Gasteiger partial charge in [0.1, 0.15) is 23.8 Å². The normalized spacial score (nSPS) is 25.1. The van der Waals surface area contributed by atoms with E-state index >= 15 is 4.39 Å². The van der Waals surface area contributed by atoms with Crippen LogP contribution in [0, 0.1) is 17.6 Å². The molecular weight excluding hydrogens is 793 g/mol. The van der Waals surface area contributed by atoms with Crippen molar-refractivity contribution in [3.8, 4) is 16.9 Å². The summed E-state index contributed by atoms with van der Waals surface area (Å²) in [4.78, 5) is 60.4. The van der Waals surface area contributed by atoms with Crippen molar-refractivity contribution in [2.45, 2.75) is 82.1 Å². The van der Waals surface area contributed by atoms with Crippen LogP contribution in [-0.2, 0) is 9.59 Å². The topological polar surface area (TPSA) is 156 Å². The minimum atomic E-state index is -1.10. The van der Waals surface area contributed by atoms with Crippen molar-refractivity contribution in [3.63, 3.8) is 0 Å². The minimum Gasteiger partial charge on any atom is -0.482 e. The highest BCUT2D eigenvalue weighted by Gasteiger charge is 2.48. The number of piperazine rings is 1. The molecular formula is C41H40Cl2F2N8O5. The van der Waals surface area contributed by atoms with E-state index in [9.17, 15) is 23.6 Å². The molecule has 17 heteroatoms. The third-order valence-corrected chi connectivity index (χ3v) is 13.2. The molecule has 0 radical (unpaired) electrons. The Morgan fingerprint density at radius 3 is 2.40 bits per heavy atom. The lowest BCUT2D eigenvalue weighted by Crippen LogP contribution is -2.54. The number of likely N-dealkylation sites (tertiary alicyclic amines) is 1. The largest absolute Gasteiger partial charge is 0.482 e. The molecule has 6 heterocycles. The molecule has 2 aromatic heterocycles. The van der Waals surface area contributed by atoms with Crippen LogP contribution in [0.15, 0.2) is 48.9 Å². The van der Waals surface area contributed by atoms with Gasteiger partial charge < -0.3 is 15.4 Å². The quantitative estimate of drug-likeness (QED) is 0.144. The number of hydrogen-bond acceptors (Lipinski definition) is 10. The van der Waals surface area contributed by atoms with Crippen molar-refractivity contribution in [2.75, 3.05) is 30.3 Å². The van der Waals surface area contributed by atoms with Gasteiger partial charge in [0.25, 0.3) is 11.8 Å². The number of benzene rings is 2. The fourth-order valence-electron chi connectivity index (χ4n) is 9.45. The lowest BCUT2D eigenvalue weighted by molar-refractivity contribution is -0.136. The maximum Gasteiger partial charge on any atom is 0.262 e. The number of anilines is 2. The first-order valence-electron chi connectivity index (χ1n) is 19.5. The van der Waals surface area contributed by atoms with Crippen LogP contribution in [0.3, 0.4) is 0 Å². The zero-order valence-corrected chi connectivity index (χ0v) is 33.0. The molecule has 2 bridgehead atoms. The third-order valence-electron chi connectivity index (χ3n) is 12.5. The van der Waals surface area contributed by atoms with E-state index in [1.807, 2.05) is 15.8 Å². The maximum atomic E-state index is 15.6. The number of fused-ring (bicyclic) bond motifs is 3. The van der Waals surface area contributed by atoms with Gasteiger partial charge in [0, 0.05) is 72.2 Å². The lowest BCUT2D eigenvalue weighted by atomic mass is 9.85. The first-order valence-corrected chi connectivity index (χ1v) is 20.3. The summed E-state index contributed by atoms with van der Waals surface area (Å²) >= 11 is 12.5. The number of aromatic nitrogens is 3. The molecule has 4 fully saturated rings. The number of ether oxygens (including phenoxy) is 1. The highest BCUT2D eigenvalue weighted by atomic mass is 35.5. The Morgan fingerprint density at radius 2 is 1.67 bits per heavy atom. The van der Waals surface area contributed by atoms with Gasteiger partial charge in [-0.05, 0) is 81.7 Å². The smallest absolute Gasteiger partial charge is 0.262 e. The van der Waals surface area contributed by atoms with E-state index < -0.39 is 47.4 Å². The Hall–Kier alpha value is -5.12. The molecule has 13 nitrogen and oxygen atoms in total. The van der Waals surface area contributed by atoms with Crippen LogP contribution in [0.1, 0.15) is 90.3 Å². The first-order chi connectivity index (χ1) is 27.8. The second-order valence-corrected chi connectivity index (χ2v) is 16.7. The van der Waals surface area contributed by atoms with Crippen molar-refractivity contribution in [1.29, 1.82) is 0 Å². The second kappa shape index (κ2) is 14.9. The van der Waals surface area contributed by atoms with E-state index in [1.165, 1.54) is 18.2 Å². The zero-order valence-electron chi connectivity index (χ0n) is 31.5. The number of halogens is 4. The number of nitrogens with zero attached hydrogens (tertiary/aromatic N) is 6. The molecule has 302 valence electrons. The van der Waals surface area contributed by atoms with Crippen LogP contribution in [0.2, 0.25) is 10.0 Å². The lowest BCUT2D eigenvalue weighted by Gasteiger charge is -2.38. The maximum absolute atomic E-state index is 15.6. The standard InChI is InChI=1S/C41H40Cl2F2N8O5/c1-20(36-29(42)6-7-30(44)37(36)43)58-34-10-22(14-47-38(34)46)23-15-48-52(17-23)24-4-2-21(3-5-24)16-50-18-26-11-25(50)19-51(26)33-13-28-27(12-31(33)45)40(56)53(41(28)57)32-8-9-35(54)49-39(32)55/h6-7,10,12-15,17,20-21,24-26,32H,2-5,8-9,11,16,18-19H2,1H3,(H2,46,47)(H,49,54,55)/t20-,21?,24?,25?,26?,32?/m1/s1. The van der Waals surface area contributed by atoms with Gasteiger partial charge in [0.05, 0.1) is 34.1 Å². The van der Waals surface area contributed by atoms with Gasteiger partial charge in [-0.3, -0.25) is 39.0 Å². The Labute approximate surface area is 342 Å². The van der Waals surface area contributed by atoms with Crippen LogP contribution in [0.5, 0.6) is 5.75 Å². The number of carbonyl (C=O) groups is 4. The highest BCUT2D eigenvalue weighted by molar-refractivity contribution is 6.36. The molecule has 4 atom stereocenters. The van der Waals surface area contributed by atoms with Crippen molar-refractivity contribution >= 4 is 58.3 Å². The van der Waals surface area contributed by atoms with Gasteiger partial charge in [0.15, 0.2) is 11.6 Å². The van der Waals surface area contributed by atoms with E-state index in [2.05, 4.69) is 15.2 Å². The number of imide groups is 2. The van der Waals surface area contributed by atoms with Crippen LogP contribution in [-0.4, -0.2) is 86.0 Å². The molecule has 4 aliphatic heterocycles. The Morgan fingerprint density at radius 1 is 0.914 bits per heavy atom. The summed E-state index contributed by atoms with van der Waals surface area (Å²) in [6.07, 6.45) is 9.75. The minimum absolute atomic E-state index is 0.0147. The van der Waals surface area contributed by atoms with E-state index in [0.29, 0.717) is 29.5 Å². The molecule has 3 saturated heterocycles. The van der Waals surface area contributed by atoms with Crippen molar-refractivity contribution in [2.24, 2.45) is 5.92 Å². The van der Waals surface area contributed by atoms with Crippen molar-refractivity contribution < 1.29 is 32.7 Å². The fraction of sp³-hybridized carbons (Fsp3) is 0.415. The summed E-state index contributed by atoms with van der Waals surface area (Å²) in [6.45, 7) is 4.06. The van der Waals surface area contributed by atoms with Gasteiger partial charge in [-0.2, -0.15) is 5.10 Å². The van der Waals surface area contributed by atoms with Crippen LogP contribution in [0.25, 0.3) is 11.1 Å².